The van der Waals surface area contributed by atoms with E-state index in [2.05, 4.69) is 5.10 Å². The monoisotopic (exact) mass is 251 g/mol. The van der Waals surface area contributed by atoms with Gasteiger partial charge in [-0.25, -0.2) is 4.68 Å². The summed E-state index contributed by atoms with van der Waals surface area (Å²) in [6.07, 6.45) is 1.74. The summed E-state index contributed by atoms with van der Waals surface area (Å²) in [5.74, 6) is 0. The number of benzene rings is 1. The molecule has 2 aromatic rings. The number of aromatic nitrogens is 2. The van der Waals surface area contributed by atoms with Gasteiger partial charge < -0.3 is 5.73 Å². The van der Waals surface area contributed by atoms with Gasteiger partial charge in [0.1, 0.15) is 4.99 Å². The van der Waals surface area contributed by atoms with Crippen molar-refractivity contribution < 1.29 is 0 Å². The third-order valence-electron chi connectivity index (χ3n) is 2.26. The normalized spacial score (nSPS) is 10.4. The molecule has 82 valence electrons. The summed E-state index contributed by atoms with van der Waals surface area (Å²) >= 11 is 11.0. The van der Waals surface area contributed by atoms with Crippen LogP contribution in [0, 0.1) is 6.92 Å². The van der Waals surface area contributed by atoms with Gasteiger partial charge in [0, 0.05) is 11.8 Å². The maximum absolute atomic E-state index is 5.96. The van der Waals surface area contributed by atoms with Crippen molar-refractivity contribution in [1.29, 1.82) is 0 Å². The largest absolute Gasteiger partial charge is 0.389 e. The van der Waals surface area contributed by atoms with Crippen molar-refractivity contribution in [3.63, 3.8) is 0 Å². The quantitative estimate of drug-likeness (QED) is 0.834. The Kier molecular flexibility index (Phi) is 2.94. The van der Waals surface area contributed by atoms with E-state index in [0.29, 0.717) is 10.0 Å². The predicted molar refractivity (Wildman–Crippen MR) is 69.2 cm³/mol. The summed E-state index contributed by atoms with van der Waals surface area (Å²) in [6, 6.07) is 7.55. The first kappa shape index (κ1) is 11.1. The molecule has 2 rings (SSSR count). The molecule has 0 saturated heterocycles. The van der Waals surface area contributed by atoms with Crippen LogP contribution in [0.2, 0.25) is 5.02 Å². The van der Waals surface area contributed by atoms with Crippen LogP contribution in [0.15, 0.2) is 30.5 Å². The smallest absolute Gasteiger partial charge is 0.106 e. The van der Waals surface area contributed by atoms with E-state index >= 15 is 0 Å². The van der Waals surface area contributed by atoms with Gasteiger partial charge in [-0.15, -0.1) is 0 Å². The number of aryl methyl sites for hydroxylation is 1. The highest BCUT2D eigenvalue weighted by molar-refractivity contribution is 7.80. The van der Waals surface area contributed by atoms with Gasteiger partial charge in [0.2, 0.25) is 0 Å². The van der Waals surface area contributed by atoms with E-state index < -0.39 is 0 Å². The van der Waals surface area contributed by atoms with Crippen molar-refractivity contribution in [2.45, 2.75) is 6.92 Å². The number of nitrogens with two attached hydrogens (primary N) is 1. The molecule has 3 nitrogen and oxygen atoms in total. The van der Waals surface area contributed by atoms with Crippen molar-refractivity contribution in [2.24, 2.45) is 5.73 Å². The third kappa shape index (κ3) is 1.94. The molecule has 0 aliphatic heterocycles. The Labute approximate surface area is 104 Å². The fourth-order valence-corrected chi connectivity index (χ4v) is 1.75. The van der Waals surface area contributed by atoms with E-state index in [4.69, 9.17) is 29.6 Å². The second kappa shape index (κ2) is 4.23. The Morgan fingerprint density at radius 1 is 1.44 bits per heavy atom. The molecule has 0 aliphatic rings. The Balaban J connectivity index is 2.59. The molecule has 16 heavy (non-hydrogen) atoms. The molecule has 1 aromatic heterocycles. The summed E-state index contributed by atoms with van der Waals surface area (Å²) in [7, 11) is 0. The molecule has 2 N–H and O–H groups in total. The molecular formula is C11H10ClN3S. The molecule has 0 spiro atoms. The Hall–Kier alpha value is -1.39. The fraction of sp³-hybridized carbons (Fsp3) is 0.0909. The van der Waals surface area contributed by atoms with Crippen LogP contribution in [-0.2, 0) is 0 Å². The molecule has 1 aromatic carbocycles. The lowest BCUT2D eigenvalue weighted by Crippen LogP contribution is -2.13. The number of thiocarbonyl (C=S) groups is 1. The highest BCUT2D eigenvalue weighted by Gasteiger charge is 2.09. The SMILES string of the molecule is Cc1nn(-c2ccccc2C(N)=S)cc1Cl. The van der Waals surface area contributed by atoms with E-state index in [0.717, 1.165) is 16.9 Å². The van der Waals surface area contributed by atoms with Crippen LogP contribution in [-0.4, -0.2) is 14.8 Å². The first-order valence-corrected chi connectivity index (χ1v) is 5.49. The molecule has 0 saturated carbocycles. The lowest BCUT2D eigenvalue weighted by atomic mass is 10.2. The zero-order valence-corrected chi connectivity index (χ0v) is 10.2. The Morgan fingerprint density at radius 3 is 2.69 bits per heavy atom. The van der Waals surface area contributed by atoms with Gasteiger partial charge >= 0.3 is 0 Å². The van der Waals surface area contributed by atoms with Crippen LogP contribution in [0.25, 0.3) is 5.69 Å². The summed E-state index contributed by atoms with van der Waals surface area (Å²) in [5, 5.41) is 4.92. The van der Waals surface area contributed by atoms with Gasteiger partial charge in [0.15, 0.2) is 0 Å². The highest BCUT2D eigenvalue weighted by Crippen LogP contribution is 2.19. The lowest BCUT2D eigenvalue weighted by molar-refractivity contribution is 0.861. The minimum Gasteiger partial charge on any atom is -0.389 e. The van der Waals surface area contributed by atoms with E-state index in [1.54, 1.807) is 10.9 Å². The summed E-state index contributed by atoms with van der Waals surface area (Å²) in [4.78, 5) is 0.347. The number of rotatable bonds is 2. The minimum absolute atomic E-state index is 0.347. The van der Waals surface area contributed by atoms with E-state index in [9.17, 15) is 0 Å². The minimum atomic E-state index is 0.347. The van der Waals surface area contributed by atoms with Gasteiger partial charge in [0.05, 0.1) is 16.4 Å². The van der Waals surface area contributed by atoms with Crippen molar-refractivity contribution in [2.75, 3.05) is 0 Å². The van der Waals surface area contributed by atoms with Gasteiger partial charge in [-0.05, 0) is 19.1 Å². The molecule has 5 heteroatoms. The lowest BCUT2D eigenvalue weighted by Gasteiger charge is -2.07. The number of hydrogen-bond acceptors (Lipinski definition) is 2. The fourth-order valence-electron chi connectivity index (χ4n) is 1.44. The summed E-state index contributed by atoms with van der Waals surface area (Å²) in [5.41, 5.74) is 8.06. The van der Waals surface area contributed by atoms with Gasteiger partial charge in [-0.3, -0.25) is 0 Å². The summed E-state index contributed by atoms with van der Waals surface area (Å²) < 4.78 is 1.69. The van der Waals surface area contributed by atoms with Crippen molar-refractivity contribution in [1.82, 2.24) is 9.78 Å². The van der Waals surface area contributed by atoms with Crippen LogP contribution in [0.5, 0.6) is 0 Å². The number of para-hydroxylation sites is 1. The number of hydrogen-bond donors (Lipinski definition) is 1. The summed E-state index contributed by atoms with van der Waals surface area (Å²) in [6.45, 7) is 1.85. The van der Waals surface area contributed by atoms with Crippen LogP contribution in [0.4, 0.5) is 0 Å². The highest BCUT2D eigenvalue weighted by atomic mass is 35.5. The van der Waals surface area contributed by atoms with Gasteiger partial charge in [-0.1, -0.05) is 36.0 Å². The van der Waals surface area contributed by atoms with Crippen molar-refractivity contribution in [3.8, 4) is 5.69 Å². The second-order valence-electron chi connectivity index (χ2n) is 3.39. The zero-order chi connectivity index (χ0) is 11.7. The van der Waals surface area contributed by atoms with Gasteiger partial charge in [0.25, 0.3) is 0 Å². The Bertz CT molecular complexity index is 528. The maximum atomic E-state index is 5.96. The molecule has 0 fully saturated rings. The van der Waals surface area contributed by atoms with E-state index in [1.165, 1.54) is 0 Å². The van der Waals surface area contributed by atoms with Crippen LogP contribution in [0.1, 0.15) is 11.3 Å². The molecule has 0 unspecified atom stereocenters. The topological polar surface area (TPSA) is 43.8 Å². The molecule has 0 bridgehead atoms. The van der Waals surface area contributed by atoms with Crippen LogP contribution in [0.3, 0.4) is 0 Å². The molecule has 0 aliphatic carbocycles. The second-order valence-corrected chi connectivity index (χ2v) is 4.24. The first-order valence-electron chi connectivity index (χ1n) is 4.70. The maximum Gasteiger partial charge on any atom is 0.106 e. The average Bonchev–Trinajstić information content (AvgIpc) is 2.59. The third-order valence-corrected chi connectivity index (χ3v) is 2.85. The standard InChI is InChI=1S/C11H10ClN3S/c1-7-9(12)6-15(14-7)10-5-3-2-4-8(10)11(13)16/h2-6H,1H3,(H2,13,16). The van der Waals surface area contributed by atoms with Gasteiger partial charge in [-0.2, -0.15) is 5.10 Å². The van der Waals surface area contributed by atoms with Crippen molar-refractivity contribution >= 4 is 28.8 Å². The molecule has 0 amide bonds. The molecular weight excluding hydrogens is 242 g/mol. The average molecular weight is 252 g/mol. The molecule has 0 radical (unpaired) electrons. The zero-order valence-electron chi connectivity index (χ0n) is 8.64. The van der Waals surface area contributed by atoms with Crippen molar-refractivity contribution in [3.05, 3.63) is 46.7 Å². The Morgan fingerprint density at radius 2 is 2.12 bits per heavy atom. The molecule has 0 atom stereocenters. The van der Waals surface area contributed by atoms with Crippen LogP contribution >= 0.6 is 23.8 Å². The van der Waals surface area contributed by atoms with Crippen LogP contribution < -0.4 is 5.73 Å². The first-order chi connectivity index (χ1) is 7.59. The van der Waals surface area contributed by atoms with E-state index in [-0.39, 0.29) is 0 Å². The molecule has 1 heterocycles. The number of nitrogens with zero attached hydrogens (tertiary/aromatic N) is 2. The number of halogens is 1. The predicted octanol–water partition coefficient (Wildman–Crippen LogP) is 2.47. The van der Waals surface area contributed by atoms with E-state index in [1.807, 2.05) is 31.2 Å².